The quantitative estimate of drug-likeness (QED) is 0.0991. The number of carbonyl (C=O) groups excluding carboxylic acids is 3. The lowest BCUT2D eigenvalue weighted by Crippen LogP contribution is -2.30. The Kier molecular flexibility index (Phi) is 9.99. The molecule has 0 bridgehead atoms. The van der Waals surface area contributed by atoms with Crippen molar-refractivity contribution in [1.82, 2.24) is 10.3 Å². The van der Waals surface area contributed by atoms with E-state index in [2.05, 4.69) is 20.9 Å². The average molecular weight is 673 g/mol. The smallest absolute Gasteiger partial charge is 0.272 e. The fraction of sp³-hybridized carbons (Fsp3) is 0.0526. The Bertz CT molecular complexity index is 2080. The van der Waals surface area contributed by atoms with Crippen LogP contribution < -0.4 is 16.0 Å². The summed E-state index contributed by atoms with van der Waals surface area (Å²) in [6, 6.07) is 37.7. The van der Waals surface area contributed by atoms with E-state index < -0.39 is 17.1 Å². The van der Waals surface area contributed by atoms with Crippen molar-refractivity contribution in [2.24, 2.45) is 0 Å². The molecular formula is C38H29ClN4O4S. The van der Waals surface area contributed by atoms with Crippen LogP contribution >= 0.6 is 23.4 Å². The molecule has 0 saturated heterocycles. The van der Waals surface area contributed by atoms with Gasteiger partial charge in [0.05, 0.1) is 5.25 Å². The van der Waals surface area contributed by atoms with Gasteiger partial charge in [0.2, 0.25) is 11.8 Å². The van der Waals surface area contributed by atoms with Gasteiger partial charge in [-0.3, -0.25) is 14.4 Å². The van der Waals surface area contributed by atoms with Gasteiger partial charge in [0.25, 0.3) is 11.8 Å². The van der Waals surface area contributed by atoms with Crippen molar-refractivity contribution >= 4 is 69.6 Å². The van der Waals surface area contributed by atoms with E-state index in [0.29, 0.717) is 39.0 Å². The summed E-state index contributed by atoms with van der Waals surface area (Å²) in [5.41, 5.74) is 4.50. The fourth-order valence-electron chi connectivity index (χ4n) is 4.70. The summed E-state index contributed by atoms with van der Waals surface area (Å²) in [4.78, 5) is 44.6. The predicted octanol–water partition coefficient (Wildman–Crippen LogP) is 8.68. The first-order chi connectivity index (χ1) is 23.3. The van der Waals surface area contributed by atoms with Crippen LogP contribution in [0.1, 0.15) is 22.8 Å². The van der Waals surface area contributed by atoms with Crippen molar-refractivity contribution in [2.45, 2.75) is 17.1 Å². The van der Waals surface area contributed by atoms with E-state index in [9.17, 15) is 14.4 Å². The van der Waals surface area contributed by atoms with E-state index in [1.807, 2.05) is 67.6 Å². The maximum atomic E-state index is 13.4. The summed E-state index contributed by atoms with van der Waals surface area (Å²) < 4.78 is 5.83. The van der Waals surface area contributed by atoms with E-state index >= 15 is 0 Å². The predicted molar refractivity (Wildman–Crippen MR) is 192 cm³/mol. The molecule has 0 spiro atoms. The second-order valence-electron chi connectivity index (χ2n) is 10.7. The molecule has 3 amide bonds. The first kappa shape index (κ1) is 32.3. The molecule has 8 nitrogen and oxygen atoms in total. The normalized spacial score (nSPS) is 11.9. The zero-order valence-corrected chi connectivity index (χ0v) is 27.2. The lowest BCUT2D eigenvalue weighted by Gasteiger charge is -2.14. The standard InChI is InChI=1S/C38H29ClN4O4S/c1-24(35(44)40-28-17-15-26(16-18-28)38-43-32-13-7-8-14-34(32)47-38)48-30-21-19-29(20-22-30)41-37(46)33(23-27-11-5-6-12-31(27)39)42-36(45)25-9-3-2-4-10-25/h2-24H,1H3,(H,40,44)(H,41,46)(H,42,45)/b33-23-. The van der Waals surface area contributed by atoms with Crippen LogP contribution in [0.4, 0.5) is 11.4 Å². The average Bonchev–Trinajstić information content (AvgIpc) is 3.55. The van der Waals surface area contributed by atoms with Gasteiger partial charge in [0.15, 0.2) is 5.58 Å². The molecule has 6 rings (SSSR count). The zero-order chi connectivity index (χ0) is 33.5. The molecule has 48 heavy (non-hydrogen) atoms. The summed E-state index contributed by atoms with van der Waals surface area (Å²) >= 11 is 7.71. The number of hydrogen-bond donors (Lipinski definition) is 3. The van der Waals surface area contributed by atoms with Crippen LogP contribution in [-0.4, -0.2) is 28.0 Å². The summed E-state index contributed by atoms with van der Waals surface area (Å²) in [6.45, 7) is 1.82. The van der Waals surface area contributed by atoms with Crippen LogP contribution in [-0.2, 0) is 9.59 Å². The zero-order valence-electron chi connectivity index (χ0n) is 25.6. The Labute approximate surface area is 286 Å². The number of rotatable bonds is 10. The summed E-state index contributed by atoms with van der Waals surface area (Å²) in [5, 5.41) is 8.53. The molecule has 1 aromatic heterocycles. The molecule has 238 valence electrons. The van der Waals surface area contributed by atoms with Crippen LogP contribution in [0.2, 0.25) is 5.02 Å². The van der Waals surface area contributed by atoms with Crippen LogP contribution in [0.3, 0.4) is 0 Å². The van der Waals surface area contributed by atoms with Gasteiger partial charge in [-0.1, -0.05) is 60.1 Å². The number of nitrogens with zero attached hydrogens (tertiary/aromatic N) is 1. The Morgan fingerprint density at radius 2 is 1.42 bits per heavy atom. The summed E-state index contributed by atoms with van der Waals surface area (Å²) in [7, 11) is 0. The third kappa shape index (κ3) is 8.01. The molecular weight excluding hydrogens is 644 g/mol. The first-order valence-electron chi connectivity index (χ1n) is 15.0. The highest BCUT2D eigenvalue weighted by Crippen LogP contribution is 2.28. The van der Waals surface area contributed by atoms with Gasteiger partial charge in [-0.05, 0) is 97.4 Å². The van der Waals surface area contributed by atoms with Crippen molar-refractivity contribution in [2.75, 3.05) is 10.6 Å². The minimum absolute atomic E-state index is 0.0302. The number of benzene rings is 5. The minimum Gasteiger partial charge on any atom is -0.436 e. The SMILES string of the molecule is CC(Sc1ccc(NC(=O)/C(=C/c2ccccc2Cl)NC(=O)c2ccccc2)cc1)C(=O)Nc1ccc(-c2nc3ccccc3o2)cc1. The van der Waals surface area contributed by atoms with Gasteiger partial charge in [0.1, 0.15) is 11.2 Å². The van der Waals surface area contributed by atoms with Crippen molar-refractivity contribution in [3.05, 3.63) is 149 Å². The van der Waals surface area contributed by atoms with Gasteiger partial charge in [-0.15, -0.1) is 11.8 Å². The number of halogens is 1. The number of fused-ring (bicyclic) bond motifs is 1. The highest BCUT2D eigenvalue weighted by Gasteiger charge is 2.18. The molecule has 10 heteroatoms. The van der Waals surface area contributed by atoms with E-state index in [0.717, 1.165) is 16.0 Å². The number of hydrogen-bond acceptors (Lipinski definition) is 6. The summed E-state index contributed by atoms with van der Waals surface area (Å²) in [5.74, 6) is -0.588. The molecule has 0 aliphatic carbocycles. The molecule has 1 heterocycles. The van der Waals surface area contributed by atoms with Gasteiger partial charge in [0, 0.05) is 32.4 Å². The number of anilines is 2. The highest BCUT2D eigenvalue weighted by atomic mass is 35.5. The molecule has 0 aliphatic heterocycles. The largest absolute Gasteiger partial charge is 0.436 e. The van der Waals surface area contributed by atoms with Crippen molar-refractivity contribution in [3.63, 3.8) is 0 Å². The van der Waals surface area contributed by atoms with Crippen molar-refractivity contribution in [1.29, 1.82) is 0 Å². The number of aromatic nitrogens is 1. The summed E-state index contributed by atoms with van der Waals surface area (Å²) in [6.07, 6.45) is 1.53. The molecule has 0 fully saturated rings. The third-order valence-electron chi connectivity index (χ3n) is 7.22. The second-order valence-corrected chi connectivity index (χ2v) is 12.5. The lowest BCUT2D eigenvalue weighted by atomic mass is 10.1. The van der Waals surface area contributed by atoms with Gasteiger partial charge in [-0.2, -0.15) is 0 Å². The second kappa shape index (κ2) is 14.8. The van der Waals surface area contributed by atoms with E-state index in [-0.39, 0.29) is 11.6 Å². The molecule has 0 radical (unpaired) electrons. The highest BCUT2D eigenvalue weighted by molar-refractivity contribution is 8.00. The van der Waals surface area contributed by atoms with Crippen LogP contribution in [0.5, 0.6) is 0 Å². The maximum Gasteiger partial charge on any atom is 0.272 e. The van der Waals surface area contributed by atoms with E-state index in [4.69, 9.17) is 16.0 Å². The molecule has 1 unspecified atom stereocenters. The van der Waals surface area contributed by atoms with Crippen molar-refractivity contribution in [3.8, 4) is 11.5 Å². The molecule has 6 aromatic rings. The van der Waals surface area contributed by atoms with Crippen LogP contribution in [0.15, 0.2) is 142 Å². The number of amides is 3. The maximum absolute atomic E-state index is 13.4. The lowest BCUT2D eigenvalue weighted by molar-refractivity contribution is -0.115. The fourth-order valence-corrected chi connectivity index (χ4v) is 5.76. The number of para-hydroxylation sites is 2. The Morgan fingerprint density at radius 3 is 2.15 bits per heavy atom. The Hall–Kier alpha value is -5.64. The van der Waals surface area contributed by atoms with Crippen LogP contribution in [0, 0.1) is 0 Å². The Balaban J connectivity index is 1.07. The topological polar surface area (TPSA) is 113 Å². The molecule has 1 atom stereocenters. The van der Waals surface area contributed by atoms with Gasteiger partial charge < -0.3 is 20.4 Å². The monoisotopic (exact) mass is 672 g/mol. The number of oxazole rings is 1. The molecule has 0 aliphatic rings. The van der Waals surface area contributed by atoms with Crippen LogP contribution in [0.25, 0.3) is 28.6 Å². The molecule has 3 N–H and O–H groups in total. The number of nitrogens with one attached hydrogen (secondary N) is 3. The van der Waals surface area contributed by atoms with E-state index in [1.165, 1.54) is 17.8 Å². The number of thioether (sulfide) groups is 1. The minimum atomic E-state index is -0.519. The van der Waals surface area contributed by atoms with Gasteiger partial charge in [-0.25, -0.2) is 4.98 Å². The molecule has 5 aromatic carbocycles. The molecule has 0 saturated carbocycles. The Morgan fingerprint density at radius 1 is 0.771 bits per heavy atom. The van der Waals surface area contributed by atoms with E-state index in [1.54, 1.807) is 66.7 Å². The third-order valence-corrected chi connectivity index (χ3v) is 8.68. The van der Waals surface area contributed by atoms with Gasteiger partial charge >= 0.3 is 0 Å². The first-order valence-corrected chi connectivity index (χ1v) is 16.3. The number of carbonyl (C=O) groups is 3. The van der Waals surface area contributed by atoms with Crippen molar-refractivity contribution < 1.29 is 18.8 Å².